The van der Waals surface area contributed by atoms with Gasteiger partial charge in [-0.2, -0.15) is 0 Å². The van der Waals surface area contributed by atoms with E-state index in [9.17, 15) is 14.4 Å². The molecule has 2 N–H and O–H groups in total. The maximum Gasteiger partial charge on any atom is 0.335 e. The Kier molecular flexibility index (Phi) is 6.27. The van der Waals surface area contributed by atoms with Crippen LogP contribution < -0.4 is 17.0 Å². The molecule has 2 aromatic carbocycles. The lowest BCUT2D eigenvalue weighted by atomic mass is 10.1. The number of pyridine rings is 1. The van der Waals surface area contributed by atoms with E-state index in [4.69, 9.17) is 5.11 Å². The van der Waals surface area contributed by atoms with Crippen LogP contribution in [0.3, 0.4) is 0 Å². The van der Waals surface area contributed by atoms with Crippen molar-refractivity contribution in [3.63, 3.8) is 0 Å². The molecule has 0 fully saturated rings. The summed E-state index contributed by atoms with van der Waals surface area (Å²) in [7, 11) is 0. The minimum absolute atomic E-state index is 0.0776. The fraction of sp³-hybridized carbons (Fsp3) is 0.240. The summed E-state index contributed by atoms with van der Waals surface area (Å²) in [4.78, 5) is 49.1. The van der Waals surface area contributed by atoms with Crippen LogP contribution in [0.5, 0.6) is 0 Å². The second-order valence-electron chi connectivity index (χ2n) is 8.37. The van der Waals surface area contributed by atoms with Gasteiger partial charge in [0.25, 0.3) is 0 Å². The molecular formula is C25H25N5O4. The molecule has 0 saturated heterocycles. The van der Waals surface area contributed by atoms with Crippen molar-refractivity contribution < 1.29 is 9.90 Å². The van der Waals surface area contributed by atoms with Gasteiger partial charge in [-0.15, -0.1) is 0 Å². The highest BCUT2D eigenvalue weighted by Crippen LogP contribution is 2.19. The summed E-state index contributed by atoms with van der Waals surface area (Å²) in [5, 5.41) is 10.0. The van der Waals surface area contributed by atoms with E-state index < -0.39 is 23.4 Å². The van der Waals surface area contributed by atoms with Gasteiger partial charge in [0.15, 0.2) is 0 Å². The number of benzene rings is 2. The van der Waals surface area contributed by atoms with Crippen molar-refractivity contribution in [2.75, 3.05) is 0 Å². The second-order valence-corrected chi connectivity index (χ2v) is 8.37. The second kappa shape index (κ2) is 9.30. The van der Waals surface area contributed by atoms with Gasteiger partial charge in [0.2, 0.25) is 5.62 Å². The number of fused-ring (bicyclic) bond motifs is 1. The lowest BCUT2D eigenvalue weighted by Gasteiger charge is -2.15. The van der Waals surface area contributed by atoms with E-state index in [-0.39, 0.29) is 18.6 Å². The van der Waals surface area contributed by atoms with Crippen LogP contribution in [0, 0.1) is 13.8 Å². The molecule has 4 rings (SSSR count). The first-order valence-electron chi connectivity index (χ1n) is 10.9. The average molecular weight is 460 g/mol. The molecule has 0 radical (unpaired) electrons. The Balaban J connectivity index is 1.90. The average Bonchev–Trinajstić information content (AvgIpc) is 2.77. The third kappa shape index (κ3) is 4.88. The summed E-state index contributed by atoms with van der Waals surface area (Å²) in [6, 6.07) is 16.1. The van der Waals surface area contributed by atoms with Crippen molar-refractivity contribution in [2.24, 2.45) is 4.99 Å². The van der Waals surface area contributed by atoms with E-state index in [1.807, 2.05) is 62.4 Å². The maximum absolute atomic E-state index is 13.4. The largest absolute Gasteiger partial charge is 0.481 e. The maximum atomic E-state index is 13.4. The van der Waals surface area contributed by atoms with Crippen molar-refractivity contribution in [3.05, 3.63) is 98.0 Å². The standard InChI is InChI=1S/C25H25N5O4/c1-15-4-7-18(8-5-15)14-29-23(28-24(33)30(25(29)34)17(3)12-22(31)32)27-20-10-11-21-19(13-20)9-6-16(2)26-21/h4-11,13,17H,12,14H2,1-3H3,(H,31,32)(H,27,28,33)/t17-/m0/s1. The molecule has 0 aliphatic carbocycles. The molecule has 0 unspecified atom stereocenters. The highest BCUT2D eigenvalue weighted by Gasteiger charge is 2.17. The van der Waals surface area contributed by atoms with Gasteiger partial charge in [-0.3, -0.25) is 19.3 Å². The van der Waals surface area contributed by atoms with Crippen LogP contribution in [-0.2, 0) is 11.3 Å². The van der Waals surface area contributed by atoms with Crippen LogP contribution >= 0.6 is 0 Å². The molecule has 174 valence electrons. The Labute approximate surface area is 194 Å². The van der Waals surface area contributed by atoms with Crippen molar-refractivity contribution in [1.82, 2.24) is 19.1 Å². The third-order valence-electron chi connectivity index (χ3n) is 5.55. The predicted molar refractivity (Wildman–Crippen MR) is 128 cm³/mol. The Morgan fingerprint density at radius 1 is 1.09 bits per heavy atom. The number of hydrogen-bond acceptors (Lipinski definition) is 5. The lowest BCUT2D eigenvalue weighted by Crippen LogP contribution is -2.51. The van der Waals surface area contributed by atoms with Crippen LogP contribution in [0.4, 0.5) is 5.69 Å². The van der Waals surface area contributed by atoms with Crippen LogP contribution in [0.1, 0.15) is 36.2 Å². The minimum atomic E-state index is -1.10. The summed E-state index contributed by atoms with van der Waals surface area (Å²) in [6.45, 7) is 5.56. The Hall–Kier alpha value is -4.27. The zero-order chi connectivity index (χ0) is 24.4. The predicted octanol–water partition coefficient (Wildman–Crippen LogP) is 2.82. The number of carbonyl (C=O) groups is 1. The fourth-order valence-electron chi connectivity index (χ4n) is 3.78. The van der Waals surface area contributed by atoms with E-state index >= 15 is 0 Å². The van der Waals surface area contributed by atoms with E-state index in [2.05, 4.69) is 15.0 Å². The summed E-state index contributed by atoms with van der Waals surface area (Å²) < 4.78 is 2.27. The van der Waals surface area contributed by atoms with Crippen LogP contribution in [0.15, 0.2) is 69.2 Å². The number of rotatable bonds is 6. The van der Waals surface area contributed by atoms with Gasteiger partial charge in [0, 0.05) is 11.1 Å². The Bertz CT molecular complexity index is 1560. The zero-order valence-corrected chi connectivity index (χ0v) is 19.1. The molecule has 0 spiro atoms. The number of aryl methyl sites for hydroxylation is 2. The SMILES string of the molecule is Cc1ccc(Cn2c(=O)n([C@@H](C)CC(=O)O)c(=O)[nH]/c2=N\c2ccc3nc(C)ccc3c2)cc1. The van der Waals surface area contributed by atoms with Crippen LogP contribution in [-0.4, -0.2) is 30.2 Å². The number of nitrogens with zero attached hydrogens (tertiary/aromatic N) is 4. The van der Waals surface area contributed by atoms with Gasteiger partial charge in [-0.1, -0.05) is 35.9 Å². The lowest BCUT2D eigenvalue weighted by molar-refractivity contribution is -0.137. The summed E-state index contributed by atoms with van der Waals surface area (Å²) in [6.07, 6.45) is -0.360. The number of carboxylic acids is 1. The van der Waals surface area contributed by atoms with Crippen molar-refractivity contribution in [1.29, 1.82) is 0 Å². The highest BCUT2D eigenvalue weighted by molar-refractivity contribution is 5.81. The molecule has 0 aliphatic rings. The minimum Gasteiger partial charge on any atom is -0.481 e. The van der Waals surface area contributed by atoms with Gasteiger partial charge in [0.1, 0.15) is 0 Å². The van der Waals surface area contributed by atoms with Crippen molar-refractivity contribution in [3.8, 4) is 0 Å². The normalized spacial score (nSPS) is 12.7. The molecule has 2 heterocycles. The summed E-state index contributed by atoms with van der Waals surface area (Å²) >= 11 is 0. The van der Waals surface area contributed by atoms with Gasteiger partial charge >= 0.3 is 17.3 Å². The van der Waals surface area contributed by atoms with E-state index in [0.29, 0.717) is 5.69 Å². The number of hydrogen-bond donors (Lipinski definition) is 2. The van der Waals surface area contributed by atoms with Gasteiger partial charge < -0.3 is 5.11 Å². The van der Waals surface area contributed by atoms with E-state index in [1.54, 1.807) is 6.07 Å². The van der Waals surface area contributed by atoms with Crippen molar-refractivity contribution in [2.45, 2.75) is 39.8 Å². The number of aliphatic carboxylic acids is 1. The number of nitrogens with one attached hydrogen (secondary N) is 1. The number of aromatic nitrogens is 4. The summed E-state index contributed by atoms with van der Waals surface area (Å²) in [5.74, 6) is -1.10. The first-order chi connectivity index (χ1) is 16.2. The molecule has 9 heteroatoms. The number of aromatic amines is 1. The Morgan fingerprint density at radius 2 is 1.82 bits per heavy atom. The van der Waals surface area contributed by atoms with Gasteiger partial charge in [-0.25, -0.2) is 19.1 Å². The fourth-order valence-corrected chi connectivity index (χ4v) is 3.78. The zero-order valence-electron chi connectivity index (χ0n) is 19.1. The first-order valence-corrected chi connectivity index (χ1v) is 10.9. The molecule has 34 heavy (non-hydrogen) atoms. The molecule has 4 aromatic rings. The molecular weight excluding hydrogens is 434 g/mol. The molecule has 2 aromatic heterocycles. The first kappa shape index (κ1) is 22.9. The van der Waals surface area contributed by atoms with Crippen LogP contribution in [0.25, 0.3) is 10.9 Å². The number of carboxylic acid groups (broad SMARTS) is 1. The smallest absolute Gasteiger partial charge is 0.335 e. The quantitative estimate of drug-likeness (QED) is 0.459. The molecule has 9 nitrogen and oxygen atoms in total. The molecule has 1 atom stereocenters. The van der Waals surface area contributed by atoms with Crippen LogP contribution in [0.2, 0.25) is 0 Å². The monoisotopic (exact) mass is 459 g/mol. The highest BCUT2D eigenvalue weighted by atomic mass is 16.4. The van der Waals surface area contributed by atoms with Crippen molar-refractivity contribution >= 4 is 22.6 Å². The van der Waals surface area contributed by atoms with Gasteiger partial charge in [0.05, 0.1) is 30.2 Å². The van der Waals surface area contributed by atoms with E-state index in [1.165, 1.54) is 11.5 Å². The number of H-pyrrole nitrogens is 1. The van der Waals surface area contributed by atoms with Gasteiger partial charge in [-0.05, 0) is 50.6 Å². The molecule has 0 bridgehead atoms. The summed E-state index contributed by atoms with van der Waals surface area (Å²) in [5.41, 5.74) is 2.91. The topological polar surface area (TPSA) is 122 Å². The molecule has 0 amide bonds. The molecule has 0 aliphatic heterocycles. The molecule has 0 saturated carbocycles. The van der Waals surface area contributed by atoms with E-state index in [0.717, 1.165) is 32.3 Å². The third-order valence-corrected chi connectivity index (χ3v) is 5.55. The Morgan fingerprint density at radius 3 is 2.53 bits per heavy atom.